The van der Waals surface area contributed by atoms with Crippen molar-refractivity contribution in [3.63, 3.8) is 0 Å². The van der Waals surface area contributed by atoms with Gasteiger partial charge in [0, 0.05) is 31.9 Å². The van der Waals surface area contributed by atoms with Gasteiger partial charge in [0.25, 0.3) is 0 Å². The molecule has 1 aliphatic rings. The van der Waals surface area contributed by atoms with Crippen LogP contribution in [-0.2, 0) is 6.54 Å². The summed E-state index contributed by atoms with van der Waals surface area (Å²) in [6, 6.07) is 5.99. The highest BCUT2D eigenvalue weighted by Gasteiger charge is 2.48. The minimum absolute atomic E-state index is 0.139. The smallest absolute Gasteiger partial charge is 0.407 e. The lowest BCUT2D eigenvalue weighted by Crippen LogP contribution is -2.67. The first kappa shape index (κ1) is 17.6. The summed E-state index contributed by atoms with van der Waals surface area (Å²) in [5, 5.41) is 9.58. The summed E-state index contributed by atoms with van der Waals surface area (Å²) in [7, 11) is 0. The predicted octanol–water partition coefficient (Wildman–Crippen LogP) is 3.18. The highest BCUT2D eigenvalue weighted by Crippen LogP contribution is 2.38. The van der Waals surface area contributed by atoms with Gasteiger partial charge >= 0.3 is 6.09 Å². The molecule has 23 heavy (non-hydrogen) atoms. The fraction of sp³-hybridized carbons (Fsp3) is 0.611. The first-order chi connectivity index (χ1) is 10.5. The predicted molar refractivity (Wildman–Crippen MR) is 93.5 cm³/mol. The van der Waals surface area contributed by atoms with Gasteiger partial charge in [-0.15, -0.1) is 0 Å². The van der Waals surface area contributed by atoms with Crippen LogP contribution in [0.4, 0.5) is 10.5 Å². The number of hydrogen-bond donors (Lipinski definition) is 2. The second-order valence-electron chi connectivity index (χ2n) is 7.85. The van der Waals surface area contributed by atoms with Crippen LogP contribution in [0.5, 0.6) is 0 Å². The van der Waals surface area contributed by atoms with E-state index in [4.69, 9.17) is 5.73 Å². The Balaban J connectivity index is 2.22. The molecule has 2 rings (SSSR count). The van der Waals surface area contributed by atoms with Gasteiger partial charge in [-0.2, -0.15) is 0 Å². The molecule has 0 spiro atoms. The molecular weight excluding hydrogens is 290 g/mol. The van der Waals surface area contributed by atoms with Crippen LogP contribution in [0, 0.1) is 12.3 Å². The Morgan fingerprint density at radius 3 is 2.52 bits per heavy atom. The normalized spacial score (nSPS) is 23.1. The molecule has 0 unspecified atom stereocenters. The van der Waals surface area contributed by atoms with Crippen LogP contribution in [0.3, 0.4) is 0 Å². The van der Waals surface area contributed by atoms with E-state index < -0.39 is 11.6 Å². The van der Waals surface area contributed by atoms with Crippen molar-refractivity contribution in [3.05, 3.63) is 29.3 Å². The highest BCUT2D eigenvalue weighted by molar-refractivity contribution is 5.66. The fourth-order valence-electron chi connectivity index (χ4n) is 3.31. The van der Waals surface area contributed by atoms with E-state index in [0.29, 0.717) is 6.54 Å². The van der Waals surface area contributed by atoms with E-state index in [1.54, 1.807) is 4.90 Å². The Hall–Kier alpha value is -1.75. The minimum atomic E-state index is -0.828. The fourth-order valence-corrected chi connectivity index (χ4v) is 3.31. The molecule has 1 aromatic rings. The van der Waals surface area contributed by atoms with Gasteiger partial charge in [0.15, 0.2) is 0 Å². The van der Waals surface area contributed by atoms with Gasteiger partial charge in [0.05, 0.1) is 5.54 Å². The van der Waals surface area contributed by atoms with E-state index in [2.05, 4.69) is 45.6 Å². The molecule has 1 aliphatic heterocycles. The summed E-state index contributed by atoms with van der Waals surface area (Å²) in [4.78, 5) is 15.6. The van der Waals surface area contributed by atoms with Crippen molar-refractivity contribution in [1.82, 2.24) is 9.80 Å². The van der Waals surface area contributed by atoms with Crippen molar-refractivity contribution >= 4 is 11.8 Å². The van der Waals surface area contributed by atoms with Gasteiger partial charge in [-0.25, -0.2) is 4.79 Å². The van der Waals surface area contributed by atoms with E-state index in [1.165, 1.54) is 11.1 Å². The zero-order chi connectivity index (χ0) is 17.4. The SMILES string of the molecule is Cc1cc(N)ccc1CN1CCN(C(=O)O)[C@@](C)(C(C)(C)C)C1. The van der Waals surface area contributed by atoms with Crippen molar-refractivity contribution in [2.24, 2.45) is 5.41 Å². The van der Waals surface area contributed by atoms with Crippen LogP contribution < -0.4 is 5.73 Å². The molecule has 1 fully saturated rings. The van der Waals surface area contributed by atoms with Crippen molar-refractivity contribution < 1.29 is 9.90 Å². The lowest BCUT2D eigenvalue weighted by molar-refractivity contribution is -0.0462. The molecule has 0 aliphatic carbocycles. The minimum Gasteiger partial charge on any atom is -0.465 e. The van der Waals surface area contributed by atoms with Crippen LogP contribution in [0.2, 0.25) is 0 Å². The maximum Gasteiger partial charge on any atom is 0.407 e. The molecule has 3 N–H and O–H groups in total. The third-order valence-corrected chi connectivity index (χ3v) is 5.37. The standard InChI is InChI=1S/C18H29N3O2/c1-13-10-15(19)7-6-14(13)11-20-8-9-21(16(22)23)18(5,12-20)17(2,3)4/h6-7,10H,8-9,11-12,19H2,1-5H3,(H,22,23)/t18-/m1/s1. The molecule has 5 heteroatoms. The van der Waals surface area contributed by atoms with Crippen LogP contribution in [0.1, 0.15) is 38.8 Å². The monoisotopic (exact) mass is 319 g/mol. The number of carboxylic acid groups (broad SMARTS) is 1. The molecule has 1 aromatic carbocycles. The molecule has 1 amide bonds. The molecule has 0 bridgehead atoms. The van der Waals surface area contributed by atoms with Gasteiger partial charge in [-0.05, 0) is 42.5 Å². The lowest BCUT2D eigenvalue weighted by atomic mass is 9.72. The first-order valence-electron chi connectivity index (χ1n) is 8.12. The number of aryl methyl sites for hydroxylation is 1. The quantitative estimate of drug-likeness (QED) is 0.821. The summed E-state index contributed by atoms with van der Waals surface area (Å²) in [5.41, 5.74) is 8.48. The summed E-state index contributed by atoms with van der Waals surface area (Å²) in [6.45, 7) is 13.3. The average molecular weight is 319 g/mol. The average Bonchev–Trinajstić information content (AvgIpc) is 2.40. The van der Waals surface area contributed by atoms with Gasteiger partial charge < -0.3 is 10.8 Å². The molecule has 5 nitrogen and oxygen atoms in total. The largest absolute Gasteiger partial charge is 0.465 e. The number of rotatable bonds is 2. The number of nitrogen functional groups attached to an aromatic ring is 1. The molecule has 0 saturated carbocycles. The second kappa shape index (κ2) is 6.04. The van der Waals surface area contributed by atoms with Crippen LogP contribution >= 0.6 is 0 Å². The number of piperazine rings is 1. The summed E-state index contributed by atoms with van der Waals surface area (Å²) < 4.78 is 0. The molecular formula is C18H29N3O2. The van der Waals surface area contributed by atoms with E-state index >= 15 is 0 Å². The van der Waals surface area contributed by atoms with E-state index in [9.17, 15) is 9.90 Å². The molecule has 128 valence electrons. The van der Waals surface area contributed by atoms with Crippen LogP contribution in [-0.4, -0.2) is 46.2 Å². The number of anilines is 1. The Labute approximate surface area is 139 Å². The third kappa shape index (κ3) is 3.44. The molecule has 1 atom stereocenters. The van der Waals surface area contributed by atoms with Crippen molar-refractivity contribution in [2.75, 3.05) is 25.4 Å². The number of carbonyl (C=O) groups is 1. The van der Waals surface area contributed by atoms with Crippen LogP contribution in [0.25, 0.3) is 0 Å². The Morgan fingerprint density at radius 1 is 1.35 bits per heavy atom. The molecule has 0 aromatic heterocycles. The van der Waals surface area contributed by atoms with E-state index in [1.807, 2.05) is 12.1 Å². The first-order valence-corrected chi connectivity index (χ1v) is 8.12. The second-order valence-corrected chi connectivity index (χ2v) is 7.85. The Kier molecular flexibility index (Phi) is 4.62. The van der Waals surface area contributed by atoms with Crippen molar-refractivity contribution in [1.29, 1.82) is 0 Å². The van der Waals surface area contributed by atoms with Gasteiger partial charge in [-0.3, -0.25) is 9.80 Å². The zero-order valence-electron chi connectivity index (χ0n) is 14.9. The number of amides is 1. The number of hydrogen-bond acceptors (Lipinski definition) is 3. The topological polar surface area (TPSA) is 69.8 Å². The maximum atomic E-state index is 11.7. The summed E-state index contributed by atoms with van der Waals surface area (Å²) in [6.07, 6.45) is -0.828. The van der Waals surface area contributed by atoms with Crippen LogP contribution in [0.15, 0.2) is 18.2 Å². The highest BCUT2D eigenvalue weighted by atomic mass is 16.4. The Bertz CT molecular complexity index is 594. The molecule has 1 heterocycles. The number of benzene rings is 1. The molecule has 1 saturated heterocycles. The van der Waals surface area contributed by atoms with Gasteiger partial charge in [-0.1, -0.05) is 26.8 Å². The third-order valence-electron chi connectivity index (χ3n) is 5.37. The zero-order valence-corrected chi connectivity index (χ0v) is 14.9. The maximum absolute atomic E-state index is 11.7. The van der Waals surface area contributed by atoms with Gasteiger partial charge in [0.1, 0.15) is 0 Å². The molecule has 0 radical (unpaired) electrons. The Morgan fingerprint density at radius 2 is 2.00 bits per heavy atom. The number of nitrogens with zero attached hydrogens (tertiary/aromatic N) is 2. The summed E-state index contributed by atoms with van der Waals surface area (Å²) >= 11 is 0. The van der Waals surface area contributed by atoms with Crippen molar-refractivity contribution in [2.45, 2.75) is 46.7 Å². The summed E-state index contributed by atoms with van der Waals surface area (Å²) in [5.74, 6) is 0. The van der Waals surface area contributed by atoms with Crippen molar-refractivity contribution in [3.8, 4) is 0 Å². The number of nitrogens with two attached hydrogens (primary N) is 1. The van der Waals surface area contributed by atoms with E-state index in [0.717, 1.165) is 25.3 Å². The lowest BCUT2D eigenvalue weighted by Gasteiger charge is -2.54. The van der Waals surface area contributed by atoms with E-state index in [-0.39, 0.29) is 5.41 Å². The van der Waals surface area contributed by atoms with Gasteiger partial charge in [0.2, 0.25) is 0 Å².